The van der Waals surface area contributed by atoms with Gasteiger partial charge >= 0.3 is 6.61 Å². The molecular weight excluding hydrogens is 509 g/mol. The smallest absolute Gasteiger partial charge is 0.387 e. The van der Waals surface area contributed by atoms with Crippen molar-refractivity contribution >= 4 is 29.9 Å². The van der Waals surface area contributed by atoms with Gasteiger partial charge in [0, 0.05) is 37.3 Å². The van der Waals surface area contributed by atoms with Gasteiger partial charge in [0.2, 0.25) is 0 Å². The lowest BCUT2D eigenvalue weighted by Gasteiger charge is -2.41. The zero-order valence-electron chi connectivity index (χ0n) is 18.0. The molecule has 1 aliphatic rings. The Labute approximate surface area is 194 Å². The summed E-state index contributed by atoms with van der Waals surface area (Å²) in [5.74, 6) is 1.26. The van der Waals surface area contributed by atoms with Gasteiger partial charge < -0.3 is 24.8 Å². The second-order valence-corrected chi connectivity index (χ2v) is 7.31. The molecule has 0 aromatic heterocycles. The van der Waals surface area contributed by atoms with E-state index >= 15 is 0 Å². The van der Waals surface area contributed by atoms with Crippen LogP contribution in [0.15, 0.2) is 23.2 Å². The van der Waals surface area contributed by atoms with Gasteiger partial charge in [0.05, 0.1) is 26.9 Å². The van der Waals surface area contributed by atoms with E-state index in [0.717, 1.165) is 26.3 Å². The van der Waals surface area contributed by atoms with Gasteiger partial charge in [-0.15, -0.1) is 24.0 Å². The van der Waals surface area contributed by atoms with Crippen molar-refractivity contribution in [2.24, 2.45) is 4.99 Å². The van der Waals surface area contributed by atoms with Crippen LogP contribution in [0.4, 0.5) is 8.78 Å². The number of hydrogen-bond donors (Lipinski definition) is 2. The Bertz CT molecular complexity index is 671. The molecule has 30 heavy (non-hydrogen) atoms. The third kappa shape index (κ3) is 8.38. The number of nitrogens with one attached hydrogen (secondary N) is 2. The summed E-state index contributed by atoms with van der Waals surface area (Å²) in [5.41, 5.74) is 0.439. The summed E-state index contributed by atoms with van der Waals surface area (Å²) in [6.07, 6.45) is 0. The Morgan fingerprint density at radius 3 is 2.57 bits per heavy atom. The minimum Gasteiger partial charge on any atom is -0.497 e. The summed E-state index contributed by atoms with van der Waals surface area (Å²) < 4.78 is 40.6. The predicted molar refractivity (Wildman–Crippen MR) is 124 cm³/mol. The minimum atomic E-state index is -2.90. The molecule has 10 heteroatoms. The normalized spacial score (nSPS) is 15.5. The fourth-order valence-corrected chi connectivity index (χ4v) is 3.10. The number of rotatable bonds is 9. The highest BCUT2D eigenvalue weighted by molar-refractivity contribution is 14.0. The van der Waals surface area contributed by atoms with Crippen LogP contribution in [-0.2, 0) is 11.3 Å². The summed E-state index contributed by atoms with van der Waals surface area (Å²) in [4.78, 5) is 6.92. The second-order valence-electron chi connectivity index (χ2n) is 7.31. The molecule has 0 amide bonds. The molecular formula is C20H33F2IN4O3. The zero-order valence-corrected chi connectivity index (χ0v) is 20.4. The van der Waals surface area contributed by atoms with Crippen LogP contribution in [0.25, 0.3) is 0 Å². The quantitative estimate of drug-likeness (QED) is 0.284. The molecule has 1 aromatic carbocycles. The summed E-state index contributed by atoms with van der Waals surface area (Å²) >= 11 is 0. The maximum atomic E-state index is 12.7. The molecule has 1 heterocycles. The van der Waals surface area contributed by atoms with E-state index in [4.69, 9.17) is 9.47 Å². The van der Waals surface area contributed by atoms with Gasteiger partial charge in [0.1, 0.15) is 11.5 Å². The van der Waals surface area contributed by atoms with E-state index < -0.39 is 6.61 Å². The summed E-state index contributed by atoms with van der Waals surface area (Å²) in [6, 6.07) is 4.71. The summed E-state index contributed by atoms with van der Waals surface area (Å²) in [7, 11) is 1.52. The molecule has 7 nitrogen and oxygen atoms in total. The Balaban J connectivity index is 0.00000450. The molecule has 0 atom stereocenters. The van der Waals surface area contributed by atoms with Gasteiger partial charge in [0.15, 0.2) is 5.96 Å². The van der Waals surface area contributed by atoms with Crippen LogP contribution in [-0.4, -0.2) is 69.5 Å². The van der Waals surface area contributed by atoms with Crippen LogP contribution in [0, 0.1) is 0 Å². The maximum absolute atomic E-state index is 12.7. The molecule has 1 saturated heterocycles. The van der Waals surface area contributed by atoms with Crippen molar-refractivity contribution in [3.05, 3.63) is 23.8 Å². The Morgan fingerprint density at radius 2 is 1.97 bits per heavy atom. The van der Waals surface area contributed by atoms with Crippen molar-refractivity contribution in [2.75, 3.05) is 46.5 Å². The van der Waals surface area contributed by atoms with E-state index in [2.05, 4.69) is 39.1 Å². The first-order valence-corrected chi connectivity index (χ1v) is 9.82. The second kappa shape index (κ2) is 13.1. The van der Waals surface area contributed by atoms with Gasteiger partial charge in [0.25, 0.3) is 0 Å². The number of nitrogens with zero attached hydrogens (tertiary/aromatic N) is 2. The number of methoxy groups -OCH3 is 1. The van der Waals surface area contributed by atoms with Crippen LogP contribution in [0.3, 0.4) is 0 Å². The number of halogens is 3. The molecule has 0 bridgehead atoms. The highest BCUT2D eigenvalue weighted by atomic mass is 127. The van der Waals surface area contributed by atoms with Crippen LogP contribution in [0.5, 0.6) is 11.5 Å². The summed E-state index contributed by atoms with van der Waals surface area (Å²) in [5, 5.41) is 6.55. The highest BCUT2D eigenvalue weighted by Gasteiger charge is 2.28. The number of guanidine groups is 1. The molecule has 172 valence electrons. The van der Waals surface area contributed by atoms with E-state index in [1.807, 2.05) is 6.92 Å². The zero-order chi connectivity index (χ0) is 21.3. The first kappa shape index (κ1) is 26.6. The lowest BCUT2D eigenvalue weighted by Crippen LogP contribution is -2.56. The number of alkyl halides is 2. The standard InChI is InChI=1S/C20H32F2N4O3.HI/c1-5-23-19(25-14-20(2,3)26-8-10-28-11-9-26)24-13-15-12-16(27-4)6-7-17(15)29-18(21)22;/h6-7,12,18H,5,8-11,13-14H2,1-4H3,(H2,23,24,25);1H. The Morgan fingerprint density at radius 1 is 1.27 bits per heavy atom. The third-order valence-corrected chi connectivity index (χ3v) is 4.79. The van der Waals surface area contributed by atoms with Crippen molar-refractivity contribution in [2.45, 2.75) is 39.5 Å². The monoisotopic (exact) mass is 542 g/mol. The van der Waals surface area contributed by atoms with E-state index in [0.29, 0.717) is 30.4 Å². The summed E-state index contributed by atoms with van der Waals surface area (Å²) in [6.45, 7) is 8.21. The van der Waals surface area contributed by atoms with Gasteiger partial charge in [-0.2, -0.15) is 8.78 Å². The highest BCUT2D eigenvalue weighted by Crippen LogP contribution is 2.26. The van der Waals surface area contributed by atoms with Crippen LogP contribution in [0.2, 0.25) is 0 Å². The number of aliphatic imine (C=N–C) groups is 1. The van der Waals surface area contributed by atoms with Crippen molar-refractivity contribution in [1.82, 2.24) is 15.5 Å². The van der Waals surface area contributed by atoms with E-state index in [1.165, 1.54) is 13.2 Å². The Kier molecular flexibility index (Phi) is 11.6. The molecule has 1 fully saturated rings. The molecule has 2 rings (SSSR count). The maximum Gasteiger partial charge on any atom is 0.387 e. The number of morpholine rings is 1. The van der Waals surface area contributed by atoms with E-state index in [-0.39, 0.29) is 41.8 Å². The fraction of sp³-hybridized carbons (Fsp3) is 0.650. The first-order chi connectivity index (χ1) is 13.9. The van der Waals surface area contributed by atoms with Crippen LogP contribution >= 0.6 is 24.0 Å². The number of benzene rings is 1. The molecule has 0 radical (unpaired) electrons. The molecule has 0 unspecified atom stereocenters. The average molecular weight is 542 g/mol. The van der Waals surface area contributed by atoms with Crippen LogP contribution in [0.1, 0.15) is 26.3 Å². The lowest BCUT2D eigenvalue weighted by atomic mass is 10.0. The van der Waals surface area contributed by atoms with Crippen molar-refractivity contribution in [3.8, 4) is 11.5 Å². The van der Waals surface area contributed by atoms with E-state index in [9.17, 15) is 8.78 Å². The van der Waals surface area contributed by atoms with Gasteiger partial charge in [-0.25, -0.2) is 4.99 Å². The molecule has 1 aliphatic heterocycles. The molecule has 2 N–H and O–H groups in total. The number of ether oxygens (including phenoxy) is 3. The molecule has 1 aromatic rings. The third-order valence-electron chi connectivity index (χ3n) is 4.79. The fourth-order valence-electron chi connectivity index (χ4n) is 3.10. The Hall–Kier alpha value is -1.40. The number of hydrogen-bond acceptors (Lipinski definition) is 5. The van der Waals surface area contributed by atoms with Gasteiger partial charge in [-0.05, 0) is 39.0 Å². The molecule has 0 spiro atoms. The van der Waals surface area contributed by atoms with Crippen molar-refractivity contribution < 1.29 is 23.0 Å². The molecule has 0 aliphatic carbocycles. The minimum absolute atomic E-state index is 0. The van der Waals surface area contributed by atoms with E-state index in [1.54, 1.807) is 12.1 Å². The van der Waals surface area contributed by atoms with Crippen molar-refractivity contribution in [1.29, 1.82) is 0 Å². The largest absolute Gasteiger partial charge is 0.497 e. The molecule has 0 saturated carbocycles. The van der Waals surface area contributed by atoms with Gasteiger partial charge in [-0.1, -0.05) is 0 Å². The average Bonchev–Trinajstić information content (AvgIpc) is 2.71. The topological polar surface area (TPSA) is 67.4 Å². The van der Waals surface area contributed by atoms with Crippen molar-refractivity contribution in [3.63, 3.8) is 0 Å². The lowest BCUT2D eigenvalue weighted by molar-refractivity contribution is -0.0504. The SMILES string of the molecule is CCNC(=NCc1cc(OC)ccc1OC(F)F)NCC(C)(C)N1CCOCC1.I. The predicted octanol–water partition coefficient (Wildman–Crippen LogP) is 3.08. The van der Waals surface area contributed by atoms with Crippen LogP contribution < -0.4 is 20.1 Å². The first-order valence-electron chi connectivity index (χ1n) is 9.82. The van der Waals surface area contributed by atoms with Gasteiger partial charge in [-0.3, -0.25) is 4.90 Å².